The molecule has 0 aliphatic heterocycles. The van der Waals surface area contributed by atoms with E-state index in [1.165, 1.54) is 4.90 Å². The first-order valence-corrected chi connectivity index (χ1v) is 5.67. The van der Waals surface area contributed by atoms with Gasteiger partial charge in [0.15, 0.2) is 0 Å². The molecule has 13 heavy (non-hydrogen) atoms. The monoisotopic (exact) mass is 194 g/mol. The third kappa shape index (κ3) is 2.75. The van der Waals surface area contributed by atoms with E-state index in [0.717, 1.165) is 25.0 Å². The van der Waals surface area contributed by atoms with Gasteiger partial charge in [0.25, 0.3) is 0 Å². The molecule has 1 aromatic carbocycles. The summed E-state index contributed by atoms with van der Waals surface area (Å²) < 4.78 is 0. The first-order chi connectivity index (χ1) is 6.29. The molecule has 1 fully saturated rings. The summed E-state index contributed by atoms with van der Waals surface area (Å²) in [4.78, 5) is 1.30. The maximum atomic E-state index is 9.59. The fraction of sp³-hybridized carbons (Fsp3) is 0.455. The van der Waals surface area contributed by atoms with Crippen LogP contribution in [0.2, 0.25) is 0 Å². The molecular weight excluding hydrogens is 180 g/mol. The van der Waals surface area contributed by atoms with Crippen LogP contribution in [-0.4, -0.2) is 16.5 Å². The minimum atomic E-state index is -0.290. The molecule has 0 spiro atoms. The maximum absolute atomic E-state index is 9.59. The van der Waals surface area contributed by atoms with E-state index in [4.69, 9.17) is 0 Å². The smallest absolute Gasteiger partial charge is 0.0658 e. The first kappa shape index (κ1) is 9.10. The summed E-state index contributed by atoms with van der Waals surface area (Å²) in [5.74, 6) is 1.03. The van der Waals surface area contributed by atoms with Gasteiger partial charge in [0.05, 0.1) is 5.60 Å². The van der Waals surface area contributed by atoms with Gasteiger partial charge in [-0.2, -0.15) is 0 Å². The Morgan fingerprint density at radius 1 is 1.23 bits per heavy atom. The molecule has 0 bridgehead atoms. The molecule has 0 aromatic heterocycles. The van der Waals surface area contributed by atoms with Gasteiger partial charge in [-0.3, -0.25) is 0 Å². The van der Waals surface area contributed by atoms with Crippen molar-refractivity contribution in [3.8, 4) is 0 Å². The second-order valence-corrected chi connectivity index (χ2v) is 4.80. The van der Waals surface area contributed by atoms with Crippen LogP contribution >= 0.6 is 11.8 Å². The van der Waals surface area contributed by atoms with Crippen molar-refractivity contribution in [2.24, 2.45) is 0 Å². The molecule has 0 amide bonds. The molecule has 2 heteroatoms. The van der Waals surface area contributed by atoms with E-state index in [-0.39, 0.29) is 5.60 Å². The van der Waals surface area contributed by atoms with Gasteiger partial charge in [-0.15, -0.1) is 11.8 Å². The Labute approximate surface area is 83.2 Å². The van der Waals surface area contributed by atoms with Crippen molar-refractivity contribution < 1.29 is 5.11 Å². The highest BCUT2D eigenvalue weighted by atomic mass is 32.2. The zero-order chi connectivity index (χ0) is 9.15. The van der Waals surface area contributed by atoms with Crippen LogP contribution in [0.25, 0.3) is 0 Å². The zero-order valence-electron chi connectivity index (χ0n) is 7.57. The van der Waals surface area contributed by atoms with Gasteiger partial charge < -0.3 is 5.11 Å². The Bertz CT molecular complexity index is 267. The van der Waals surface area contributed by atoms with Crippen LogP contribution in [0.5, 0.6) is 0 Å². The van der Waals surface area contributed by atoms with Crippen LogP contribution in [0, 0.1) is 0 Å². The summed E-state index contributed by atoms with van der Waals surface area (Å²) in [7, 11) is 0. The molecule has 1 aliphatic rings. The number of benzene rings is 1. The van der Waals surface area contributed by atoms with Crippen molar-refractivity contribution in [1.82, 2.24) is 0 Å². The lowest BCUT2D eigenvalue weighted by Crippen LogP contribution is -2.06. The van der Waals surface area contributed by atoms with Crippen LogP contribution in [0.1, 0.15) is 19.3 Å². The summed E-state index contributed by atoms with van der Waals surface area (Å²) >= 11 is 1.83. The van der Waals surface area contributed by atoms with Crippen molar-refractivity contribution in [1.29, 1.82) is 0 Å². The third-order valence-electron chi connectivity index (χ3n) is 2.41. The second kappa shape index (κ2) is 3.72. The Hall–Kier alpha value is -0.470. The molecule has 0 radical (unpaired) electrons. The second-order valence-electron chi connectivity index (χ2n) is 3.64. The van der Waals surface area contributed by atoms with Crippen LogP contribution in [-0.2, 0) is 0 Å². The van der Waals surface area contributed by atoms with Crippen molar-refractivity contribution in [2.75, 3.05) is 5.75 Å². The lowest BCUT2D eigenvalue weighted by molar-refractivity contribution is 0.147. The van der Waals surface area contributed by atoms with E-state index in [1.807, 2.05) is 30.0 Å². The van der Waals surface area contributed by atoms with Gasteiger partial charge in [-0.05, 0) is 31.4 Å². The lowest BCUT2D eigenvalue weighted by Gasteiger charge is -2.06. The van der Waals surface area contributed by atoms with E-state index in [9.17, 15) is 5.11 Å². The fourth-order valence-electron chi connectivity index (χ4n) is 1.27. The third-order valence-corrected chi connectivity index (χ3v) is 3.42. The molecule has 1 aromatic rings. The lowest BCUT2D eigenvalue weighted by atomic mass is 10.3. The minimum absolute atomic E-state index is 0.290. The molecule has 0 heterocycles. The highest BCUT2D eigenvalue weighted by Crippen LogP contribution is 2.39. The molecule has 1 saturated carbocycles. The molecular formula is C11H14OS. The summed E-state index contributed by atoms with van der Waals surface area (Å²) in [6.45, 7) is 0. The Morgan fingerprint density at radius 2 is 1.92 bits per heavy atom. The van der Waals surface area contributed by atoms with E-state index >= 15 is 0 Å². The molecule has 0 unspecified atom stereocenters. The summed E-state index contributed by atoms with van der Waals surface area (Å²) in [5, 5.41) is 9.59. The molecule has 0 atom stereocenters. The van der Waals surface area contributed by atoms with Crippen molar-refractivity contribution >= 4 is 11.8 Å². The quantitative estimate of drug-likeness (QED) is 0.744. The summed E-state index contributed by atoms with van der Waals surface area (Å²) in [5.41, 5.74) is -0.290. The van der Waals surface area contributed by atoms with Gasteiger partial charge in [-0.1, -0.05) is 18.2 Å². The zero-order valence-corrected chi connectivity index (χ0v) is 8.39. The average molecular weight is 194 g/mol. The average Bonchev–Trinajstić information content (AvgIpc) is 2.86. The number of hydrogen-bond acceptors (Lipinski definition) is 2. The van der Waals surface area contributed by atoms with E-state index < -0.39 is 0 Å². The van der Waals surface area contributed by atoms with Gasteiger partial charge in [0, 0.05) is 10.6 Å². The summed E-state index contributed by atoms with van der Waals surface area (Å²) in [6, 6.07) is 10.4. The highest BCUT2D eigenvalue weighted by molar-refractivity contribution is 7.99. The number of hydrogen-bond donors (Lipinski definition) is 1. The normalized spacial score (nSPS) is 18.5. The van der Waals surface area contributed by atoms with Gasteiger partial charge in [0.2, 0.25) is 0 Å². The Balaban J connectivity index is 1.74. The van der Waals surface area contributed by atoms with Crippen molar-refractivity contribution in [2.45, 2.75) is 29.8 Å². The van der Waals surface area contributed by atoms with Crippen molar-refractivity contribution in [3.63, 3.8) is 0 Å². The first-order valence-electron chi connectivity index (χ1n) is 4.69. The van der Waals surface area contributed by atoms with Crippen LogP contribution in [0.4, 0.5) is 0 Å². The van der Waals surface area contributed by atoms with Gasteiger partial charge in [0.1, 0.15) is 0 Å². The number of aliphatic hydroxyl groups is 1. The molecule has 70 valence electrons. The van der Waals surface area contributed by atoms with E-state index in [1.54, 1.807) is 0 Å². The molecule has 1 nitrogen and oxygen atoms in total. The molecule has 1 N–H and O–H groups in total. The fourth-order valence-corrected chi connectivity index (χ4v) is 2.34. The van der Waals surface area contributed by atoms with Gasteiger partial charge in [-0.25, -0.2) is 0 Å². The number of rotatable bonds is 4. The van der Waals surface area contributed by atoms with Crippen LogP contribution in [0.15, 0.2) is 35.2 Å². The standard InChI is InChI=1S/C11H14OS/c12-11(6-7-11)8-9-13-10-4-2-1-3-5-10/h1-5,12H,6-9H2. The number of thioether (sulfide) groups is 1. The topological polar surface area (TPSA) is 20.2 Å². The molecule has 1 aliphatic carbocycles. The van der Waals surface area contributed by atoms with E-state index in [2.05, 4.69) is 12.1 Å². The van der Waals surface area contributed by atoms with Crippen LogP contribution in [0.3, 0.4) is 0 Å². The largest absolute Gasteiger partial charge is 0.390 e. The SMILES string of the molecule is OC1(CCSc2ccccc2)CC1. The Morgan fingerprint density at radius 3 is 2.54 bits per heavy atom. The Kier molecular flexibility index (Phi) is 2.61. The molecule has 2 rings (SSSR count). The molecule has 0 saturated heterocycles. The minimum Gasteiger partial charge on any atom is -0.390 e. The van der Waals surface area contributed by atoms with Gasteiger partial charge >= 0.3 is 0 Å². The van der Waals surface area contributed by atoms with Crippen molar-refractivity contribution in [3.05, 3.63) is 30.3 Å². The van der Waals surface area contributed by atoms with E-state index in [0.29, 0.717) is 0 Å². The maximum Gasteiger partial charge on any atom is 0.0658 e. The highest BCUT2D eigenvalue weighted by Gasteiger charge is 2.39. The predicted octanol–water partition coefficient (Wildman–Crippen LogP) is 2.69. The van der Waals surface area contributed by atoms with Crippen LogP contribution < -0.4 is 0 Å². The predicted molar refractivity (Wildman–Crippen MR) is 56.0 cm³/mol. The summed E-state index contributed by atoms with van der Waals surface area (Å²) in [6.07, 6.45) is 2.94.